The molecule has 4 fully saturated rings. The quantitative estimate of drug-likeness (QED) is 0.236. The monoisotopic (exact) mass is 649 g/mol. The summed E-state index contributed by atoms with van der Waals surface area (Å²) in [6, 6.07) is 7.34. The lowest BCUT2D eigenvalue weighted by atomic mass is 9.78. The number of piperidine rings is 1. The zero-order valence-electron chi connectivity index (χ0n) is 28.9. The van der Waals surface area contributed by atoms with Crippen molar-refractivity contribution in [3.05, 3.63) is 35.9 Å². The van der Waals surface area contributed by atoms with E-state index in [4.69, 9.17) is 5.73 Å². The topological polar surface area (TPSA) is 151 Å². The molecule has 3 saturated carbocycles. The van der Waals surface area contributed by atoms with Crippen molar-refractivity contribution in [2.45, 2.75) is 129 Å². The molecular formula is C37H55N5O5. The van der Waals surface area contributed by atoms with Crippen LogP contribution in [-0.2, 0) is 25.6 Å². The maximum absolute atomic E-state index is 14.4. The Morgan fingerprint density at radius 3 is 2.23 bits per heavy atom. The van der Waals surface area contributed by atoms with Crippen LogP contribution in [0.15, 0.2) is 30.3 Å². The first-order valence-electron chi connectivity index (χ1n) is 17.7. The molecule has 0 spiro atoms. The highest BCUT2D eigenvalue weighted by Crippen LogP contribution is 2.65. The molecule has 2 unspecified atom stereocenters. The van der Waals surface area contributed by atoms with Crippen LogP contribution < -0.4 is 21.7 Å². The molecule has 5 N–H and O–H groups in total. The predicted octanol–water partition coefficient (Wildman–Crippen LogP) is 4.25. The van der Waals surface area contributed by atoms with E-state index in [0.717, 1.165) is 64.2 Å². The molecule has 10 nitrogen and oxygen atoms in total. The first-order chi connectivity index (χ1) is 22.1. The second-order valence-electron chi connectivity index (χ2n) is 16.4. The van der Waals surface area contributed by atoms with E-state index >= 15 is 0 Å². The minimum atomic E-state index is -1.07. The fourth-order valence-electron chi connectivity index (χ4n) is 8.32. The Bertz CT molecular complexity index is 1340. The SMILES string of the molecule is CC(C)(C)[C@H](NC(=O)NC1(CCCc2ccccc2)CCCCC1)C(=O)N1CC2[C@@H]([C@H]1C(=O)NC(CC1CC1)C(=O)C(N)=O)C2(C)C. The first kappa shape index (κ1) is 34.9. The Balaban J connectivity index is 1.29. The maximum Gasteiger partial charge on any atom is 0.315 e. The normalized spacial score (nSPS) is 25.6. The molecule has 0 radical (unpaired) electrons. The summed E-state index contributed by atoms with van der Waals surface area (Å²) in [5.41, 5.74) is 5.50. The fourth-order valence-corrected chi connectivity index (χ4v) is 8.32. The number of carbonyl (C=O) groups is 5. The van der Waals surface area contributed by atoms with Gasteiger partial charge in [0.05, 0.1) is 6.04 Å². The van der Waals surface area contributed by atoms with Gasteiger partial charge in [0.2, 0.25) is 17.6 Å². The van der Waals surface area contributed by atoms with E-state index in [2.05, 4.69) is 41.9 Å². The summed E-state index contributed by atoms with van der Waals surface area (Å²) in [7, 11) is 0. The van der Waals surface area contributed by atoms with Crippen molar-refractivity contribution in [2.24, 2.45) is 34.3 Å². The second-order valence-corrected chi connectivity index (χ2v) is 16.4. The van der Waals surface area contributed by atoms with Crippen molar-refractivity contribution < 1.29 is 24.0 Å². The largest absolute Gasteiger partial charge is 0.363 e. The lowest BCUT2D eigenvalue weighted by molar-refractivity contribution is -0.145. The van der Waals surface area contributed by atoms with Gasteiger partial charge in [0.1, 0.15) is 12.1 Å². The van der Waals surface area contributed by atoms with Gasteiger partial charge in [-0.3, -0.25) is 19.2 Å². The van der Waals surface area contributed by atoms with Crippen LogP contribution in [0, 0.1) is 28.6 Å². The third kappa shape index (κ3) is 8.00. The summed E-state index contributed by atoms with van der Waals surface area (Å²) in [6.45, 7) is 10.3. The van der Waals surface area contributed by atoms with Crippen molar-refractivity contribution in [1.29, 1.82) is 0 Å². The van der Waals surface area contributed by atoms with Crippen LogP contribution in [0.5, 0.6) is 0 Å². The number of benzene rings is 1. The van der Waals surface area contributed by atoms with Gasteiger partial charge in [-0.05, 0) is 72.7 Å². The van der Waals surface area contributed by atoms with Crippen LogP contribution >= 0.6 is 0 Å². The highest BCUT2D eigenvalue weighted by Gasteiger charge is 2.70. The van der Waals surface area contributed by atoms with Gasteiger partial charge in [0, 0.05) is 12.1 Å². The Labute approximate surface area is 279 Å². The van der Waals surface area contributed by atoms with Gasteiger partial charge in [-0.15, -0.1) is 0 Å². The average Bonchev–Trinajstić information content (AvgIpc) is 3.86. The van der Waals surface area contributed by atoms with Gasteiger partial charge >= 0.3 is 6.03 Å². The van der Waals surface area contributed by atoms with Crippen molar-refractivity contribution in [3.63, 3.8) is 0 Å². The van der Waals surface area contributed by atoms with Crippen LogP contribution in [0.4, 0.5) is 4.79 Å². The van der Waals surface area contributed by atoms with Gasteiger partial charge < -0.3 is 26.6 Å². The highest BCUT2D eigenvalue weighted by molar-refractivity contribution is 6.37. The number of hydrogen-bond acceptors (Lipinski definition) is 5. The minimum absolute atomic E-state index is 0.0822. The third-order valence-corrected chi connectivity index (χ3v) is 11.4. The molecule has 5 rings (SSSR count). The summed E-state index contributed by atoms with van der Waals surface area (Å²) >= 11 is 0. The summed E-state index contributed by atoms with van der Waals surface area (Å²) in [4.78, 5) is 68.1. The summed E-state index contributed by atoms with van der Waals surface area (Å²) in [5.74, 6) is -2.31. The third-order valence-electron chi connectivity index (χ3n) is 11.4. The van der Waals surface area contributed by atoms with Gasteiger partial charge in [-0.2, -0.15) is 0 Å². The number of nitrogens with one attached hydrogen (secondary N) is 3. The molecular weight excluding hydrogens is 594 g/mol. The number of amides is 5. The molecule has 10 heteroatoms. The van der Waals surface area contributed by atoms with E-state index in [9.17, 15) is 24.0 Å². The number of rotatable bonds is 13. The lowest BCUT2D eigenvalue weighted by Crippen LogP contribution is -2.63. The molecule has 1 aromatic carbocycles. The number of urea groups is 1. The van der Waals surface area contributed by atoms with E-state index < -0.39 is 41.1 Å². The zero-order valence-corrected chi connectivity index (χ0v) is 28.9. The number of nitrogens with zero attached hydrogens (tertiary/aromatic N) is 1. The van der Waals surface area contributed by atoms with Crippen molar-refractivity contribution >= 4 is 29.5 Å². The molecule has 4 aliphatic rings. The Morgan fingerprint density at radius 1 is 0.979 bits per heavy atom. The predicted molar refractivity (Wildman–Crippen MR) is 180 cm³/mol. The molecule has 0 aromatic heterocycles. The van der Waals surface area contributed by atoms with Crippen LogP contribution in [-0.4, -0.2) is 64.6 Å². The number of Topliss-reactive ketones (excluding diaryl/α,β-unsaturated/α-hetero) is 1. The Hall–Kier alpha value is -3.43. The smallest absolute Gasteiger partial charge is 0.315 e. The lowest BCUT2D eigenvalue weighted by Gasteiger charge is -2.41. The molecule has 1 aliphatic heterocycles. The number of fused-ring (bicyclic) bond motifs is 1. The van der Waals surface area contributed by atoms with Gasteiger partial charge in [-0.25, -0.2) is 4.79 Å². The first-order valence-corrected chi connectivity index (χ1v) is 17.7. The average molecular weight is 650 g/mol. The number of aryl methyl sites for hydroxylation is 1. The molecule has 0 bridgehead atoms. The van der Waals surface area contributed by atoms with E-state index in [1.807, 2.05) is 39.0 Å². The van der Waals surface area contributed by atoms with Gasteiger partial charge in [0.15, 0.2) is 0 Å². The second kappa shape index (κ2) is 13.6. The zero-order chi connectivity index (χ0) is 34.1. The molecule has 258 valence electrons. The van der Waals surface area contributed by atoms with E-state index in [1.165, 1.54) is 5.56 Å². The van der Waals surface area contributed by atoms with E-state index in [1.54, 1.807) is 4.90 Å². The van der Waals surface area contributed by atoms with Crippen molar-refractivity contribution in [1.82, 2.24) is 20.9 Å². The summed E-state index contributed by atoms with van der Waals surface area (Å²) < 4.78 is 0. The number of nitrogens with two attached hydrogens (primary N) is 1. The van der Waals surface area contributed by atoms with E-state index in [-0.39, 0.29) is 40.6 Å². The summed E-state index contributed by atoms with van der Waals surface area (Å²) in [6.07, 6.45) is 10.1. The molecule has 1 saturated heterocycles. The standard InChI is InChI=1S/C37H55N5O5/c1-35(2,3)30(40-34(47)41-37(18-10-7-11-19-37)20-12-15-23-13-8-6-9-14-23)33(46)42-22-25-27(36(25,4)5)28(42)32(45)39-26(21-24-16-17-24)29(43)31(38)44/h6,8-9,13-14,24-28,30H,7,10-12,15-22H2,1-5H3,(H2,38,44)(H,39,45)(H2,40,41,47)/t25?,26?,27-,28-,30+/m0/s1. The Morgan fingerprint density at radius 2 is 1.64 bits per heavy atom. The van der Waals surface area contributed by atoms with Crippen LogP contribution in [0.3, 0.4) is 0 Å². The van der Waals surface area contributed by atoms with Gasteiger partial charge in [-0.1, -0.05) is 97.1 Å². The van der Waals surface area contributed by atoms with Crippen LogP contribution in [0.2, 0.25) is 0 Å². The minimum Gasteiger partial charge on any atom is -0.363 e. The molecule has 1 aromatic rings. The Kier molecular flexibility index (Phi) is 10.1. The molecule has 5 atom stereocenters. The number of primary amides is 1. The van der Waals surface area contributed by atoms with Crippen molar-refractivity contribution in [3.8, 4) is 0 Å². The van der Waals surface area contributed by atoms with Crippen molar-refractivity contribution in [2.75, 3.05) is 6.54 Å². The molecule has 1 heterocycles. The molecule has 3 aliphatic carbocycles. The summed E-state index contributed by atoms with van der Waals surface area (Å²) in [5, 5.41) is 9.18. The molecule has 5 amide bonds. The van der Waals surface area contributed by atoms with Crippen LogP contribution in [0.25, 0.3) is 0 Å². The number of carbonyl (C=O) groups excluding carboxylic acids is 5. The van der Waals surface area contributed by atoms with Crippen LogP contribution in [0.1, 0.15) is 104 Å². The molecule has 47 heavy (non-hydrogen) atoms. The maximum atomic E-state index is 14.4. The van der Waals surface area contributed by atoms with Gasteiger partial charge in [0.25, 0.3) is 5.91 Å². The highest BCUT2D eigenvalue weighted by atomic mass is 16.2. The van der Waals surface area contributed by atoms with E-state index in [0.29, 0.717) is 13.0 Å². The number of ketones is 1. The fraction of sp³-hybridized carbons (Fsp3) is 0.703. The number of likely N-dealkylation sites (tertiary alicyclic amines) is 1. The number of hydrogen-bond donors (Lipinski definition) is 4.